The standard InChI is InChI=1S/C6H6.3C6H14/c1-2-4-6-5-3-1;3*1-3-5-6-4-2/h1-6H;3*3-6H2,1-2H3. The van der Waals surface area contributed by atoms with Crippen LogP contribution in [-0.2, 0) is 0 Å². The maximum absolute atomic E-state index is 2.23. The molecule has 0 nitrogen and oxygen atoms in total. The second-order valence-electron chi connectivity index (χ2n) is 6.28. The van der Waals surface area contributed by atoms with E-state index in [2.05, 4.69) is 41.5 Å². The maximum Gasteiger partial charge on any atom is -0.0536 e. The van der Waals surface area contributed by atoms with Gasteiger partial charge in [0.2, 0.25) is 0 Å². The van der Waals surface area contributed by atoms with Gasteiger partial charge in [0.05, 0.1) is 0 Å². The Bertz CT molecular complexity index is 182. The van der Waals surface area contributed by atoms with E-state index in [1.807, 2.05) is 36.4 Å². The molecule has 0 spiro atoms. The molecule has 0 saturated carbocycles. The number of rotatable bonds is 9. The molecule has 1 aromatic rings. The first-order valence-corrected chi connectivity index (χ1v) is 10.7. The van der Waals surface area contributed by atoms with Crippen molar-refractivity contribution in [2.75, 3.05) is 0 Å². The average molecular weight is 337 g/mol. The molecule has 0 heterocycles. The summed E-state index contributed by atoms with van der Waals surface area (Å²) in [5, 5.41) is 0. The Morgan fingerprint density at radius 3 is 0.500 bits per heavy atom. The molecule has 0 heteroatoms. The van der Waals surface area contributed by atoms with Crippen molar-refractivity contribution in [1.29, 1.82) is 0 Å². The summed E-state index contributed by atoms with van der Waals surface area (Å²) in [7, 11) is 0. The van der Waals surface area contributed by atoms with Crippen molar-refractivity contribution in [3.8, 4) is 0 Å². The van der Waals surface area contributed by atoms with E-state index in [4.69, 9.17) is 0 Å². The Balaban J connectivity index is -0.000000245. The molecule has 144 valence electrons. The molecular weight excluding hydrogens is 288 g/mol. The van der Waals surface area contributed by atoms with Crippen LogP contribution >= 0.6 is 0 Å². The molecule has 0 unspecified atom stereocenters. The van der Waals surface area contributed by atoms with Gasteiger partial charge in [-0.05, 0) is 0 Å². The van der Waals surface area contributed by atoms with Crippen LogP contribution in [0.25, 0.3) is 0 Å². The summed E-state index contributed by atoms with van der Waals surface area (Å²) in [5.74, 6) is 0. The van der Waals surface area contributed by atoms with Gasteiger partial charge in [-0.25, -0.2) is 0 Å². The minimum absolute atomic E-state index is 1.36. The van der Waals surface area contributed by atoms with E-state index in [-0.39, 0.29) is 0 Å². The van der Waals surface area contributed by atoms with Crippen molar-refractivity contribution in [2.45, 2.75) is 119 Å². The molecule has 0 amide bonds. The van der Waals surface area contributed by atoms with E-state index < -0.39 is 0 Å². The Morgan fingerprint density at radius 1 is 0.292 bits per heavy atom. The first kappa shape index (κ1) is 28.0. The predicted molar refractivity (Wildman–Crippen MR) is 116 cm³/mol. The zero-order chi connectivity index (χ0) is 18.7. The summed E-state index contributed by atoms with van der Waals surface area (Å²) >= 11 is 0. The Labute approximate surface area is 155 Å². The second-order valence-corrected chi connectivity index (χ2v) is 6.28. The summed E-state index contributed by atoms with van der Waals surface area (Å²) in [5.41, 5.74) is 0. The highest BCUT2D eigenvalue weighted by molar-refractivity contribution is 4.99. The third-order valence-electron chi connectivity index (χ3n) is 3.54. The van der Waals surface area contributed by atoms with Gasteiger partial charge in [-0.2, -0.15) is 0 Å². The van der Waals surface area contributed by atoms with Crippen molar-refractivity contribution < 1.29 is 0 Å². The van der Waals surface area contributed by atoms with Gasteiger partial charge in [0.25, 0.3) is 0 Å². The number of benzene rings is 1. The van der Waals surface area contributed by atoms with Gasteiger partial charge in [0.15, 0.2) is 0 Å². The van der Waals surface area contributed by atoms with E-state index in [0.29, 0.717) is 0 Å². The van der Waals surface area contributed by atoms with Gasteiger partial charge in [0.1, 0.15) is 0 Å². The molecule has 0 saturated heterocycles. The van der Waals surface area contributed by atoms with Gasteiger partial charge in [0, 0.05) is 0 Å². The lowest BCUT2D eigenvalue weighted by Gasteiger charge is -1.86. The van der Waals surface area contributed by atoms with Crippen LogP contribution in [0.5, 0.6) is 0 Å². The highest BCUT2D eigenvalue weighted by Crippen LogP contribution is 1.96. The van der Waals surface area contributed by atoms with Gasteiger partial charge < -0.3 is 0 Å². The SMILES string of the molecule is CCCCCC.CCCCCC.CCCCCC.c1ccccc1. The van der Waals surface area contributed by atoms with Crippen molar-refractivity contribution in [3.05, 3.63) is 36.4 Å². The highest BCUT2D eigenvalue weighted by atomic mass is 13.8. The summed E-state index contributed by atoms with van der Waals surface area (Å²) in [6.45, 7) is 13.4. The fourth-order valence-electron chi connectivity index (χ4n) is 1.88. The monoisotopic (exact) mass is 336 g/mol. The van der Waals surface area contributed by atoms with E-state index in [0.717, 1.165) is 0 Å². The smallest absolute Gasteiger partial charge is 0.0536 e. The Morgan fingerprint density at radius 2 is 0.417 bits per heavy atom. The Hall–Kier alpha value is -0.780. The fourth-order valence-corrected chi connectivity index (χ4v) is 1.88. The van der Waals surface area contributed by atoms with E-state index >= 15 is 0 Å². The first-order valence-electron chi connectivity index (χ1n) is 10.7. The highest BCUT2D eigenvalue weighted by Gasteiger charge is 1.76. The topological polar surface area (TPSA) is 0 Å². The number of hydrogen-bond donors (Lipinski definition) is 0. The third-order valence-corrected chi connectivity index (χ3v) is 3.54. The van der Waals surface area contributed by atoms with Gasteiger partial charge in [-0.1, -0.05) is 155 Å². The molecule has 0 fully saturated rings. The van der Waals surface area contributed by atoms with Crippen LogP contribution in [0, 0.1) is 0 Å². The quantitative estimate of drug-likeness (QED) is 0.394. The molecule has 0 bridgehead atoms. The van der Waals surface area contributed by atoms with E-state index in [1.54, 1.807) is 0 Å². The zero-order valence-corrected chi connectivity index (χ0v) is 17.9. The lowest BCUT2D eigenvalue weighted by Crippen LogP contribution is -1.66. The summed E-state index contributed by atoms with van der Waals surface area (Å²) in [6, 6.07) is 12.0. The third kappa shape index (κ3) is 42.9. The molecule has 0 N–H and O–H groups in total. The molecule has 0 radical (unpaired) electrons. The molecule has 0 aromatic heterocycles. The van der Waals surface area contributed by atoms with Gasteiger partial charge >= 0.3 is 0 Å². The van der Waals surface area contributed by atoms with E-state index in [1.165, 1.54) is 77.0 Å². The molecule has 24 heavy (non-hydrogen) atoms. The predicted octanol–water partition coefficient (Wildman–Crippen LogP) is 9.45. The second kappa shape index (κ2) is 33.7. The number of hydrogen-bond acceptors (Lipinski definition) is 0. The minimum atomic E-state index is 1.36. The fraction of sp³-hybridized carbons (Fsp3) is 0.750. The first-order chi connectivity index (χ1) is 11.7. The lowest BCUT2D eigenvalue weighted by atomic mass is 10.2. The largest absolute Gasteiger partial charge is 0.0654 e. The Kier molecular flexibility index (Phi) is 39.4. The molecule has 0 atom stereocenters. The van der Waals surface area contributed by atoms with Crippen LogP contribution in [0.15, 0.2) is 36.4 Å². The van der Waals surface area contributed by atoms with Crippen LogP contribution < -0.4 is 0 Å². The summed E-state index contributed by atoms with van der Waals surface area (Å²) in [6.07, 6.45) is 16.6. The van der Waals surface area contributed by atoms with Crippen LogP contribution in [0.4, 0.5) is 0 Å². The van der Waals surface area contributed by atoms with Crippen molar-refractivity contribution in [1.82, 2.24) is 0 Å². The van der Waals surface area contributed by atoms with Gasteiger partial charge in [-0.3, -0.25) is 0 Å². The van der Waals surface area contributed by atoms with Crippen LogP contribution in [0.3, 0.4) is 0 Å². The lowest BCUT2D eigenvalue weighted by molar-refractivity contribution is 0.702. The van der Waals surface area contributed by atoms with Crippen LogP contribution in [0.1, 0.15) is 119 Å². The van der Waals surface area contributed by atoms with Crippen molar-refractivity contribution in [3.63, 3.8) is 0 Å². The molecule has 0 aliphatic carbocycles. The summed E-state index contributed by atoms with van der Waals surface area (Å²) < 4.78 is 0. The molecule has 1 rings (SSSR count). The molecular formula is C24H48. The van der Waals surface area contributed by atoms with Crippen molar-refractivity contribution >= 4 is 0 Å². The molecule has 0 aliphatic rings. The summed E-state index contributed by atoms with van der Waals surface area (Å²) in [4.78, 5) is 0. The normalized spacial score (nSPS) is 8.75. The molecule has 0 aliphatic heterocycles. The van der Waals surface area contributed by atoms with Crippen LogP contribution in [-0.4, -0.2) is 0 Å². The maximum atomic E-state index is 2.23. The van der Waals surface area contributed by atoms with Crippen LogP contribution in [0.2, 0.25) is 0 Å². The minimum Gasteiger partial charge on any atom is -0.0654 e. The van der Waals surface area contributed by atoms with E-state index in [9.17, 15) is 0 Å². The average Bonchev–Trinajstić information content (AvgIpc) is 2.66. The van der Waals surface area contributed by atoms with Gasteiger partial charge in [-0.15, -0.1) is 0 Å². The molecule has 1 aromatic carbocycles. The number of unbranched alkanes of at least 4 members (excludes halogenated alkanes) is 9. The van der Waals surface area contributed by atoms with Crippen molar-refractivity contribution in [2.24, 2.45) is 0 Å². The zero-order valence-electron chi connectivity index (χ0n) is 17.9.